The molecule has 0 saturated carbocycles. The number of carboxylic acid groups (broad SMARTS) is 1. The largest absolute Gasteiger partial charge is 0.477 e. The summed E-state index contributed by atoms with van der Waals surface area (Å²) in [7, 11) is 6.00. The Kier molecular flexibility index (Phi) is 67.4. The van der Waals surface area contributed by atoms with E-state index in [9.17, 15) is 19.5 Å². The number of esters is 2. The van der Waals surface area contributed by atoms with E-state index in [-0.39, 0.29) is 38.2 Å². The maximum absolute atomic E-state index is 13.0. The lowest BCUT2D eigenvalue weighted by Gasteiger charge is -2.25. The van der Waals surface area contributed by atoms with Crippen LogP contribution in [0.25, 0.3) is 0 Å². The van der Waals surface area contributed by atoms with Crippen molar-refractivity contribution in [3.63, 3.8) is 0 Å². The van der Waals surface area contributed by atoms with Crippen LogP contribution in [0, 0.1) is 0 Å². The van der Waals surface area contributed by atoms with Gasteiger partial charge in [-0.05, 0) is 51.4 Å². The van der Waals surface area contributed by atoms with Crippen molar-refractivity contribution >= 4 is 17.9 Å². The molecule has 0 aromatic carbocycles. The van der Waals surface area contributed by atoms with Crippen LogP contribution in [-0.4, -0.2) is 87.4 Å². The van der Waals surface area contributed by atoms with Crippen LogP contribution in [0.5, 0.6) is 0 Å². The molecule has 9 heteroatoms. The van der Waals surface area contributed by atoms with Gasteiger partial charge in [0.05, 0.1) is 34.4 Å². The fourth-order valence-corrected chi connectivity index (χ4v) is 11.6. The van der Waals surface area contributed by atoms with Crippen molar-refractivity contribution in [3.8, 4) is 0 Å². The van der Waals surface area contributed by atoms with Gasteiger partial charge >= 0.3 is 17.9 Å². The summed E-state index contributed by atoms with van der Waals surface area (Å²) in [5.74, 6) is -1.97. The average Bonchev–Trinajstić information content (AvgIpc) is 3.59. The zero-order valence-corrected chi connectivity index (χ0v) is 58.7. The van der Waals surface area contributed by atoms with Crippen molar-refractivity contribution in [1.82, 2.24) is 0 Å². The highest BCUT2D eigenvalue weighted by atomic mass is 16.7. The molecule has 2 unspecified atom stereocenters. The molecule has 0 fully saturated rings. The van der Waals surface area contributed by atoms with Crippen molar-refractivity contribution in [2.75, 3.05) is 47.5 Å². The molecule has 0 heterocycles. The summed E-state index contributed by atoms with van der Waals surface area (Å²) in [4.78, 5) is 37.7. The molecule has 0 aromatic heterocycles. The third-order valence-corrected chi connectivity index (χ3v) is 17.4. The van der Waals surface area contributed by atoms with Crippen molar-refractivity contribution in [1.29, 1.82) is 0 Å². The molecule has 2 atom stereocenters. The van der Waals surface area contributed by atoms with Crippen LogP contribution in [0.3, 0.4) is 0 Å². The Hall–Kier alpha value is -2.49. The van der Waals surface area contributed by atoms with E-state index in [0.29, 0.717) is 17.4 Å². The third-order valence-electron chi connectivity index (χ3n) is 17.4. The van der Waals surface area contributed by atoms with Crippen molar-refractivity contribution in [2.24, 2.45) is 0 Å². The standard InChI is InChI=1S/C78H147NO8/c1-6-8-10-12-14-16-18-20-22-24-26-28-30-32-34-36-37-38-39-41-43-45-47-49-51-53-55-57-59-61-63-65-67-69-76(81)87-74(73-86-78(77(82)83)84-71-70-79(3,4)5)72-85-75(80)68-66-64-62-60-58-56-54-52-50-48-46-44-42-40-35-33-31-29-27-25-23-21-19-17-15-13-11-9-7-2/h18,20,24,26,30,32,74,78H,6-17,19,21-23,25,27-29,31,33-73H2,1-5H3/p+1/b20-18-,26-24-,32-30-. The van der Waals surface area contributed by atoms with Crippen molar-refractivity contribution < 1.29 is 42.9 Å². The Balaban J connectivity index is 4.01. The van der Waals surface area contributed by atoms with Crippen LogP contribution in [0.1, 0.15) is 386 Å². The SMILES string of the molecule is CCCCCCC/C=C\C/C=C\C/C=C\CCCCCCCCCCCCCCCCCCCCC(=O)OC(COC(=O)CCCCCCCCCCCCCCCCCCCCCCCCCCCCCCC)COC(OCC[N+](C)(C)C)C(=O)O. The first-order valence-electron chi connectivity index (χ1n) is 38.2. The Morgan fingerprint density at radius 3 is 0.920 bits per heavy atom. The lowest BCUT2D eigenvalue weighted by atomic mass is 10.0. The second kappa shape index (κ2) is 69.4. The second-order valence-corrected chi connectivity index (χ2v) is 27.3. The Bertz CT molecular complexity index is 1520. The van der Waals surface area contributed by atoms with E-state index >= 15 is 0 Å². The van der Waals surface area contributed by atoms with Gasteiger partial charge in [-0.15, -0.1) is 0 Å². The molecule has 87 heavy (non-hydrogen) atoms. The number of carbonyl (C=O) groups is 3. The number of aliphatic carboxylic acids is 1. The van der Waals surface area contributed by atoms with E-state index in [2.05, 4.69) is 50.3 Å². The molecule has 0 amide bonds. The number of carbonyl (C=O) groups excluding carboxylic acids is 2. The van der Waals surface area contributed by atoms with Gasteiger partial charge in [-0.25, -0.2) is 4.79 Å². The summed E-state index contributed by atoms with van der Waals surface area (Å²) in [5, 5.41) is 9.76. The number of nitrogens with zero attached hydrogens (tertiary/aromatic N) is 1. The number of hydrogen-bond acceptors (Lipinski definition) is 7. The average molecular weight is 1230 g/mol. The Morgan fingerprint density at radius 1 is 0.345 bits per heavy atom. The monoisotopic (exact) mass is 1230 g/mol. The van der Waals surface area contributed by atoms with Gasteiger partial charge in [0.1, 0.15) is 13.2 Å². The fourth-order valence-electron chi connectivity index (χ4n) is 11.6. The van der Waals surface area contributed by atoms with Crippen LogP contribution in [-0.2, 0) is 33.3 Å². The Morgan fingerprint density at radius 2 is 0.621 bits per heavy atom. The van der Waals surface area contributed by atoms with E-state index in [0.717, 1.165) is 51.4 Å². The molecule has 0 aliphatic heterocycles. The number of hydrogen-bond donors (Lipinski definition) is 1. The summed E-state index contributed by atoms with van der Waals surface area (Å²) in [6.45, 7) is 4.94. The molecule has 9 nitrogen and oxygen atoms in total. The maximum Gasteiger partial charge on any atom is 0.361 e. The first-order chi connectivity index (χ1) is 42.6. The lowest BCUT2D eigenvalue weighted by Crippen LogP contribution is -2.40. The topological polar surface area (TPSA) is 108 Å². The molecular weight excluding hydrogens is 1080 g/mol. The van der Waals surface area contributed by atoms with E-state index in [1.54, 1.807) is 0 Å². The van der Waals surface area contributed by atoms with Gasteiger partial charge in [-0.2, -0.15) is 0 Å². The predicted molar refractivity (Wildman–Crippen MR) is 374 cm³/mol. The molecule has 0 spiro atoms. The van der Waals surface area contributed by atoms with Crippen LogP contribution >= 0.6 is 0 Å². The van der Waals surface area contributed by atoms with Gasteiger partial charge < -0.3 is 28.5 Å². The number of unbranched alkanes of at least 4 members (excludes halogenated alkanes) is 51. The molecule has 0 rings (SSSR count). The minimum absolute atomic E-state index is 0.175. The van der Waals surface area contributed by atoms with Gasteiger partial charge in [-0.1, -0.05) is 359 Å². The number of quaternary nitrogens is 1. The highest BCUT2D eigenvalue weighted by Gasteiger charge is 2.25. The second-order valence-electron chi connectivity index (χ2n) is 27.3. The summed E-state index contributed by atoms with van der Waals surface area (Å²) in [6, 6.07) is 0. The minimum Gasteiger partial charge on any atom is -0.477 e. The summed E-state index contributed by atoms with van der Waals surface area (Å²) < 4.78 is 23.0. The molecule has 0 aliphatic rings. The number of likely N-dealkylation sites (N-methyl/N-ethyl adjacent to an activating group) is 1. The lowest BCUT2D eigenvalue weighted by molar-refractivity contribution is -0.870. The molecule has 0 aliphatic carbocycles. The van der Waals surface area contributed by atoms with Gasteiger partial charge in [-0.3, -0.25) is 9.59 Å². The molecule has 0 aromatic rings. The highest BCUT2D eigenvalue weighted by molar-refractivity contribution is 5.71. The number of carboxylic acids is 1. The van der Waals surface area contributed by atoms with Crippen LogP contribution in [0.4, 0.5) is 0 Å². The van der Waals surface area contributed by atoms with Crippen LogP contribution < -0.4 is 0 Å². The summed E-state index contributed by atoms with van der Waals surface area (Å²) in [6.07, 6.45) is 85.7. The maximum atomic E-state index is 13.0. The minimum atomic E-state index is -1.51. The van der Waals surface area contributed by atoms with Crippen LogP contribution in [0.15, 0.2) is 36.5 Å². The first-order valence-corrected chi connectivity index (χ1v) is 38.2. The zero-order valence-electron chi connectivity index (χ0n) is 58.7. The van der Waals surface area contributed by atoms with E-state index in [1.807, 2.05) is 21.1 Å². The summed E-state index contributed by atoms with van der Waals surface area (Å²) >= 11 is 0. The summed E-state index contributed by atoms with van der Waals surface area (Å²) in [5.41, 5.74) is 0. The normalized spacial score (nSPS) is 12.8. The van der Waals surface area contributed by atoms with Gasteiger partial charge in [0.25, 0.3) is 6.29 Å². The van der Waals surface area contributed by atoms with E-state index < -0.39 is 18.4 Å². The number of ether oxygens (including phenoxy) is 4. The molecule has 0 saturated heterocycles. The first kappa shape index (κ1) is 84.5. The molecule has 1 N–H and O–H groups in total. The van der Waals surface area contributed by atoms with Gasteiger partial charge in [0.2, 0.25) is 0 Å². The van der Waals surface area contributed by atoms with Crippen LogP contribution in [0.2, 0.25) is 0 Å². The fraction of sp³-hybridized carbons (Fsp3) is 0.885. The molecule has 512 valence electrons. The number of allylic oxidation sites excluding steroid dienone is 6. The quantitative estimate of drug-likeness (QED) is 0.0211. The van der Waals surface area contributed by atoms with E-state index in [1.165, 1.54) is 308 Å². The highest BCUT2D eigenvalue weighted by Crippen LogP contribution is 2.19. The zero-order chi connectivity index (χ0) is 63.3. The molecular formula is C78H148NO8+. The molecule has 0 bridgehead atoms. The third kappa shape index (κ3) is 70.8. The Labute approximate surface area is 540 Å². The van der Waals surface area contributed by atoms with Gasteiger partial charge in [0.15, 0.2) is 6.10 Å². The van der Waals surface area contributed by atoms with Crippen molar-refractivity contribution in [2.45, 2.75) is 399 Å². The van der Waals surface area contributed by atoms with Gasteiger partial charge in [0, 0.05) is 12.8 Å². The smallest absolute Gasteiger partial charge is 0.361 e. The van der Waals surface area contributed by atoms with Crippen molar-refractivity contribution in [3.05, 3.63) is 36.5 Å². The van der Waals surface area contributed by atoms with E-state index in [4.69, 9.17) is 18.9 Å². The number of rotatable bonds is 72. The molecule has 0 radical (unpaired) electrons. The predicted octanol–water partition coefficient (Wildman–Crippen LogP) is 23.9.